The van der Waals surface area contributed by atoms with Gasteiger partial charge in [0.05, 0.1) is 5.75 Å². The Hall–Kier alpha value is -1.11. The second kappa shape index (κ2) is 7.47. The van der Waals surface area contributed by atoms with E-state index in [1.807, 2.05) is 0 Å². The monoisotopic (exact) mass is 306 g/mol. The van der Waals surface area contributed by atoms with Crippen molar-refractivity contribution in [2.75, 3.05) is 12.0 Å². The molecule has 1 rings (SSSR count). The van der Waals surface area contributed by atoms with Gasteiger partial charge < -0.3 is 11.1 Å². The van der Waals surface area contributed by atoms with Crippen LogP contribution in [0.2, 0.25) is 0 Å². The Bertz CT molecular complexity index is 514. The molecule has 0 bridgehead atoms. The number of hydrogen-bond donors (Lipinski definition) is 2. The van der Waals surface area contributed by atoms with Crippen LogP contribution in [0.15, 0.2) is 24.3 Å². The van der Waals surface area contributed by atoms with Gasteiger partial charge in [0, 0.05) is 24.4 Å². The molecule has 0 aliphatic carbocycles. The van der Waals surface area contributed by atoms with E-state index in [1.54, 1.807) is 31.2 Å². The maximum absolute atomic E-state index is 11.8. The number of nitrogens with two attached hydrogens (primary N) is 1. The fourth-order valence-electron chi connectivity index (χ4n) is 1.60. The number of benzene rings is 1. The van der Waals surface area contributed by atoms with Crippen LogP contribution in [0.4, 0.5) is 0 Å². The fraction of sp³-hybridized carbons (Fsp3) is 0.417. The minimum atomic E-state index is -3.09. The van der Waals surface area contributed by atoms with Gasteiger partial charge in [0.15, 0.2) is 0 Å². The highest BCUT2D eigenvalue weighted by Crippen LogP contribution is 2.04. The first-order chi connectivity index (χ1) is 8.31. The normalized spacial score (nSPS) is 12.4. The molecule has 0 aliphatic rings. The zero-order valence-electron chi connectivity index (χ0n) is 10.9. The van der Waals surface area contributed by atoms with Gasteiger partial charge in [0.25, 0.3) is 5.91 Å². The van der Waals surface area contributed by atoms with Crippen molar-refractivity contribution in [2.45, 2.75) is 19.5 Å². The van der Waals surface area contributed by atoms with Crippen molar-refractivity contribution in [3.8, 4) is 0 Å². The van der Waals surface area contributed by atoms with Crippen molar-refractivity contribution >= 4 is 28.2 Å². The van der Waals surface area contributed by atoms with E-state index in [4.69, 9.17) is 5.73 Å². The van der Waals surface area contributed by atoms with Crippen molar-refractivity contribution in [2.24, 2.45) is 5.73 Å². The molecule has 3 N–H and O–H groups in total. The summed E-state index contributed by atoms with van der Waals surface area (Å²) in [4.78, 5) is 11.8. The van der Waals surface area contributed by atoms with Gasteiger partial charge in [-0.15, -0.1) is 12.4 Å². The molecule has 0 saturated carbocycles. The van der Waals surface area contributed by atoms with Crippen LogP contribution >= 0.6 is 12.4 Å². The van der Waals surface area contributed by atoms with Crippen molar-refractivity contribution < 1.29 is 13.2 Å². The fourth-order valence-corrected chi connectivity index (χ4v) is 2.59. The molecule has 0 saturated heterocycles. The summed E-state index contributed by atoms with van der Waals surface area (Å²) in [6.07, 6.45) is 1.14. The predicted octanol–water partition coefficient (Wildman–Crippen LogP) is 0.730. The van der Waals surface area contributed by atoms with Crippen molar-refractivity contribution in [1.29, 1.82) is 0 Å². The highest BCUT2D eigenvalue weighted by molar-refractivity contribution is 7.90. The Labute approximate surface area is 119 Å². The van der Waals surface area contributed by atoms with E-state index in [9.17, 15) is 13.2 Å². The standard InChI is InChI=1S/C12H18N2O3S.ClH/c1-9(8-18(2,16)17)14-12(15)11-5-3-10(7-13)4-6-11;/h3-6,9H,7-8,13H2,1-2H3,(H,14,15);1H. The molecule has 1 aromatic rings. The van der Waals surface area contributed by atoms with Crippen LogP contribution in [0.5, 0.6) is 0 Å². The minimum Gasteiger partial charge on any atom is -0.349 e. The number of sulfone groups is 1. The number of hydrogen-bond acceptors (Lipinski definition) is 4. The van der Waals surface area contributed by atoms with Gasteiger partial charge in [-0.1, -0.05) is 12.1 Å². The van der Waals surface area contributed by atoms with Crippen LogP contribution in [0.1, 0.15) is 22.8 Å². The molecule has 0 aliphatic heterocycles. The van der Waals surface area contributed by atoms with Gasteiger partial charge in [-0.05, 0) is 24.6 Å². The molecule has 1 amide bonds. The molecule has 0 aromatic heterocycles. The van der Waals surface area contributed by atoms with Crippen LogP contribution in [0, 0.1) is 0 Å². The summed E-state index contributed by atoms with van der Waals surface area (Å²) in [5.41, 5.74) is 6.89. The smallest absolute Gasteiger partial charge is 0.251 e. The molecular formula is C12H19ClN2O3S. The molecule has 0 fully saturated rings. The second-order valence-corrected chi connectivity index (χ2v) is 6.55. The number of rotatable bonds is 5. The zero-order valence-corrected chi connectivity index (χ0v) is 12.6. The first-order valence-corrected chi connectivity index (χ1v) is 7.65. The van der Waals surface area contributed by atoms with Crippen LogP contribution in [0.25, 0.3) is 0 Å². The van der Waals surface area contributed by atoms with Crippen LogP contribution < -0.4 is 11.1 Å². The number of carbonyl (C=O) groups is 1. The van der Waals surface area contributed by atoms with Crippen molar-refractivity contribution in [3.05, 3.63) is 35.4 Å². The number of halogens is 1. The average Bonchev–Trinajstić information content (AvgIpc) is 2.26. The highest BCUT2D eigenvalue weighted by atomic mass is 35.5. The van der Waals surface area contributed by atoms with Gasteiger partial charge in [0.1, 0.15) is 9.84 Å². The average molecular weight is 307 g/mol. The van der Waals surface area contributed by atoms with Gasteiger partial charge in [-0.25, -0.2) is 8.42 Å². The molecule has 0 spiro atoms. The van der Waals surface area contributed by atoms with Gasteiger partial charge >= 0.3 is 0 Å². The molecule has 1 unspecified atom stereocenters. The third-order valence-corrected chi connectivity index (χ3v) is 3.49. The lowest BCUT2D eigenvalue weighted by Crippen LogP contribution is -2.37. The lowest BCUT2D eigenvalue weighted by molar-refractivity contribution is 0.0943. The Kier molecular flexibility index (Phi) is 7.04. The van der Waals surface area contributed by atoms with Gasteiger partial charge in [-0.2, -0.15) is 0 Å². The molecule has 19 heavy (non-hydrogen) atoms. The first kappa shape index (κ1) is 17.9. The summed E-state index contributed by atoms with van der Waals surface area (Å²) in [7, 11) is -3.09. The SMILES string of the molecule is CC(CS(C)(=O)=O)NC(=O)c1ccc(CN)cc1.Cl. The highest BCUT2D eigenvalue weighted by Gasteiger charge is 2.14. The van der Waals surface area contributed by atoms with Crippen LogP contribution in [0.3, 0.4) is 0 Å². The number of amides is 1. The lowest BCUT2D eigenvalue weighted by Gasteiger charge is -2.12. The van der Waals surface area contributed by atoms with Crippen molar-refractivity contribution in [3.63, 3.8) is 0 Å². The van der Waals surface area contributed by atoms with E-state index < -0.39 is 15.9 Å². The maximum atomic E-state index is 11.8. The third kappa shape index (κ3) is 6.56. The first-order valence-electron chi connectivity index (χ1n) is 5.59. The largest absolute Gasteiger partial charge is 0.349 e. The predicted molar refractivity (Wildman–Crippen MR) is 78.2 cm³/mol. The summed E-state index contributed by atoms with van der Waals surface area (Å²) >= 11 is 0. The van der Waals surface area contributed by atoms with Gasteiger partial charge in [-0.3, -0.25) is 4.79 Å². The topological polar surface area (TPSA) is 89.3 Å². The number of nitrogens with one attached hydrogen (secondary N) is 1. The summed E-state index contributed by atoms with van der Waals surface area (Å²) in [6, 6.07) is 6.48. The second-order valence-electron chi connectivity index (χ2n) is 4.37. The molecule has 0 heterocycles. The Morgan fingerprint density at radius 2 is 1.84 bits per heavy atom. The van der Waals surface area contributed by atoms with E-state index in [1.165, 1.54) is 0 Å². The quantitative estimate of drug-likeness (QED) is 0.839. The van der Waals surface area contributed by atoms with E-state index in [2.05, 4.69) is 5.32 Å². The lowest BCUT2D eigenvalue weighted by atomic mass is 10.1. The van der Waals surface area contributed by atoms with Crippen LogP contribution in [-0.4, -0.2) is 32.4 Å². The van der Waals surface area contributed by atoms with Gasteiger partial charge in [0.2, 0.25) is 0 Å². The summed E-state index contributed by atoms with van der Waals surface area (Å²) in [5.74, 6) is -0.352. The molecule has 108 valence electrons. The molecular weight excluding hydrogens is 288 g/mol. The summed E-state index contributed by atoms with van der Waals surface area (Å²) < 4.78 is 22.2. The maximum Gasteiger partial charge on any atom is 0.251 e. The Morgan fingerprint density at radius 3 is 2.26 bits per heavy atom. The van der Waals surface area contributed by atoms with Crippen molar-refractivity contribution in [1.82, 2.24) is 5.32 Å². The van der Waals surface area contributed by atoms with E-state index in [-0.39, 0.29) is 24.1 Å². The Morgan fingerprint density at radius 1 is 1.32 bits per heavy atom. The molecule has 7 heteroatoms. The molecule has 0 radical (unpaired) electrons. The van der Waals surface area contributed by atoms with E-state index in [0.717, 1.165) is 11.8 Å². The summed E-state index contributed by atoms with van der Waals surface area (Å²) in [6.45, 7) is 2.08. The van der Waals surface area contributed by atoms with E-state index >= 15 is 0 Å². The molecule has 5 nitrogen and oxygen atoms in total. The van der Waals surface area contributed by atoms with E-state index in [0.29, 0.717) is 12.1 Å². The third-order valence-electron chi connectivity index (χ3n) is 2.38. The van der Waals surface area contributed by atoms with Crippen LogP contribution in [-0.2, 0) is 16.4 Å². The Balaban J connectivity index is 0.00000324. The summed E-state index contributed by atoms with van der Waals surface area (Å²) in [5, 5.41) is 2.64. The molecule has 1 atom stereocenters. The minimum absolute atomic E-state index is 0. The number of carbonyl (C=O) groups excluding carboxylic acids is 1. The molecule has 1 aromatic carbocycles. The zero-order chi connectivity index (χ0) is 13.8.